The average molecular weight is 257 g/mol. The van der Waals surface area contributed by atoms with Gasteiger partial charge in [0, 0.05) is 18.2 Å². The van der Waals surface area contributed by atoms with Crippen LogP contribution in [0.2, 0.25) is 5.02 Å². The van der Waals surface area contributed by atoms with E-state index in [0.29, 0.717) is 28.6 Å². The summed E-state index contributed by atoms with van der Waals surface area (Å²) in [6.07, 6.45) is 0. The molecule has 0 unspecified atom stereocenters. The molecule has 0 spiro atoms. The molecule has 2 rings (SSSR count). The lowest BCUT2D eigenvalue weighted by molar-refractivity contribution is 0.0941. The van der Waals surface area contributed by atoms with Crippen LogP contribution in [0.4, 0.5) is 0 Å². The summed E-state index contributed by atoms with van der Waals surface area (Å²) in [5.74, 6) is 0.737. The predicted molar refractivity (Wildman–Crippen MR) is 63.6 cm³/mol. The van der Waals surface area contributed by atoms with Gasteiger partial charge in [-0.3, -0.25) is 4.79 Å². The Balaban J connectivity index is 2.22. The quantitative estimate of drug-likeness (QED) is 0.851. The van der Waals surface area contributed by atoms with E-state index in [1.165, 1.54) is 0 Å². The number of nitrogens with two attached hydrogens (primary N) is 1. The second kappa shape index (κ2) is 4.81. The van der Waals surface area contributed by atoms with Crippen LogP contribution in [0.15, 0.2) is 12.1 Å². The van der Waals surface area contributed by atoms with Crippen LogP contribution in [-0.2, 0) is 0 Å². The first kappa shape index (κ1) is 12.0. The second-order valence-electron chi connectivity index (χ2n) is 3.80. The number of ether oxygens (including phenoxy) is 2. The van der Waals surface area contributed by atoms with Crippen molar-refractivity contribution in [2.75, 3.05) is 13.3 Å². The van der Waals surface area contributed by atoms with E-state index in [9.17, 15) is 4.79 Å². The van der Waals surface area contributed by atoms with Crippen molar-refractivity contribution in [2.45, 2.75) is 13.0 Å². The third-order valence-electron chi connectivity index (χ3n) is 2.42. The van der Waals surface area contributed by atoms with E-state index in [1.807, 2.05) is 6.92 Å². The maximum absolute atomic E-state index is 11.8. The number of nitrogens with one attached hydrogen (secondary N) is 1. The minimum absolute atomic E-state index is 0.0910. The zero-order valence-corrected chi connectivity index (χ0v) is 10.1. The largest absolute Gasteiger partial charge is 0.454 e. The lowest BCUT2D eigenvalue weighted by atomic mass is 10.1. The van der Waals surface area contributed by atoms with E-state index in [-0.39, 0.29) is 18.7 Å². The highest BCUT2D eigenvalue weighted by Crippen LogP contribution is 2.39. The molecule has 0 aliphatic carbocycles. The van der Waals surface area contributed by atoms with E-state index < -0.39 is 0 Å². The van der Waals surface area contributed by atoms with E-state index in [4.69, 9.17) is 26.8 Å². The van der Waals surface area contributed by atoms with Crippen LogP contribution < -0.4 is 20.5 Å². The number of fused-ring (bicyclic) bond motifs is 1. The monoisotopic (exact) mass is 256 g/mol. The van der Waals surface area contributed by atoms with Crippen molar-refractivity contribution in [3.63, 3.8) is 0 Å². The third-order valence-corrected chi connectivity index (χ3v) is 2.70. The molecule has 0 radical (unpaired) electrons. The molecule has 92 valence electrons. The normalized spacial score (nSPS) is 14.5. The molecule has 6 heteroatoms. The average Bonchev–Trinajstić information content (AvgIpc) is 2.77. The topological polar surface area (TPSA) is 73.6 Å². The Morgan fingerprint density at radius 3 is 3.06 bits per heavy atom. The van der Waals surface area contributed by atoms with Gasteiger partial charge >= 0.3 is 0 Å². The van der Waals surface area contributed by atoms with Gasteiger partial charge in [-0.1, -0.05) is 11.6 Å². The van der Waals surface area contributed by atoms with Gasteiger partial charge in [-0.25, -0.2) is 0 Å². The second-order valence-corrected chi connectivity index (χ2v) is 4.21. The fourth-order valence-corrected chi connectivity index (χ4v) is 1.73. The highest BCUT2D eigenvalue weighted by Gasteiger charge is 2.20. The van der Waals surface area contributed by atoms with E-state index in [1.54, 1.807) is 12.1 Å². The molecule has 1 heterocycles. The zero-order valence-electron chi connectivity index (χ0n) is 9.33. The fourth-order valence-electron chi connectivity index (χ4n) is 1.46. The summed E-state index contributed by atoms with van der Waals surface area (Å²) in [7, 11) is 0. The molecule has 0 bridgehead atoms. The lowest BCUT2D eigenvalue weighted by Crippen LogP contribution is -2.37. The minimum atomic E-state index is -0.233. The van der Waals surface area contributed by atoms with Crippen LogP contribution in [-0.4, -0.2) is 25.3 Å². The highest BCUT2D eigenvalue weighted by molar-refractivity contribution is 6.32. The van der Waals surface area contributed by atoms with Crippen molar-refractivity contribution in [2.24, 2.45) is 5.73 Å². The molecule has 3 N–H and O–H groups in total. The lowest BCUT2D eigenvalue weighted by Gasteiger charge is -2.11. The van der Waals surface area contributed by atoms with Crippen LogP contribution in [0, 0.1) is 0 Å². The van der Waals surface area contributed by atoms with E-state index in [0.717, 1.165) is 0 Å². The Kier molecular flexibility index (Phi) is 3.40. The fraction of sp³-hybridized carbons (Fsp3) is 0.364. The first-order chi connectivity index (χ1) is 8.11. The molecule has 1 atom stereocenters. The molecule has 0 aromatic heterocycles. The molecule has 1 aliphatic heterocycles. The van der Waals surface area contributed by atoms with Crippen molar-refractivity contribution in [1.29, 1.82) is 0 Å². The molecule has 1 aliphatic rings. The number of carbonyl (C=O) groups is 1. The first-order valence-corrected chi connectivity index (χ1v) is 5.59. The van der Waals surface area contributed by atoms with Gasteiger partial charge in [0.1, 0.15) is 0 Å². The molecule has 1 amide bonds. The van der Waals surface area contributed by atoms with Gasteiger partial charge in [-0.2, -0.15) is 0 Å². The van der Waals surface area contributed by atoms with Crippen LogP contribution >= 0.6 is 11.6 Å². The maximum atomic E-state index is 11.8. The van der Waals surface area contributed by atoms with Crippen LogP contribution in [0.1, 0.15) is 17.3 Å². The number of benzene rings is 1. The molecule has 17 heavy (non-hydrogen) atoms. The number of amides is 1. The summed E-state index contributed by atoms with van der Waals surface area (Å²) in [6, 6.07) is 3.06. The molecule has 0 fully saturated rings. The first-order valence-electron chi connectivity index (χ1n) is 5.22. The van der Waals surface area contributed by atoms with Gasteiger partial charge in [0.15, 0.2) is 11.5 Å². The van der Waals surface area contributed by atoms with Crippen molar-refractivity contribution in [3.05, 3.63) is 22.7 Å². The van der Waals surface area contributed by atoms with Gasteiger partial charge in [0.2, 0.25) is 6.79 Å². The maximum Gasteiger partial charge on any atom is 0.251 e. The molecular formula is C11H13ClN2O3. The van der Waals surface area contributed by atoms with Crippen LogP contribution in [0.25, 0.3) is 0 Å². The Morgan fingerprint density at radius 2 is 2.35 bits per heavy atom. The summed E-state index contributed by atoms with van der Waals surface area (Å²) in [5.41, 5.74) is 5.86. The number of rotatable bonds is 3. The molecule has 1 aromatic carbocycles. The minimum Gasteiger partial charge on any atom is -0.454 e. The summed E-state index contributed by atoms with van der Waals surface area (Å²) >= 11 is 5.98. The number of hydrogen-bond acceptors (Lipinski definition) is 4. The number of carbonyl (C=O) groups excluding carboxylic acids is 1. The standard InChI is InChI=1S/C11H13ClN2O3/c1-6(4-13)14-11(15)7-2-8(12)10-9(3-7)16-5-17-10/h2-3,6H,4-5,13H2,1H3,(H,14,15)/t6-/m0/s1. The Labute approximate surface area is 104 Å². The SMILES string of the molecule is C[C@@H](CN)NC(=O)c1cc(Cl)c2c(c1)OCO2. The van der Waals surface area contributed by atoms with Crippen molar-refractivity contribution >= 4 is 17.5 Å². The zero-order chi connectivity index (χ0) is 12.4. The van der Waals surface area contributed by atoms with Gasteiger partial charge in [-0.05, 0) is 19.1 Å². The summed E-state index contributed by atoms with van der Waals surface area (Å²) in [5, 5.41) is 3.11. The molecule has 0 saturated heterocycles. The van der Waals surface area contributed by atoms with Crippen LogP contribution in [0.3, 0.4) is 0 Å². The smallest absolute Gasteiger partial charge is 0.251 e. The van der Waals surface area contributed by atoms with E-state index in [2.05, 4.69) is 5.32 Å². The van der Waals surface area contributed by atoms with Crippen molar-refractivity contribution in [3.8, 4) is 11.5 Å². The van der Waals surface area contributed by atoms with Gasteiger partial charge in [-0.15, -0.1) is 0 Å². The van der Waals surface area contributed by atoms with Gasteiger partial charge < -0.3 is 20.5 Å². The van der Waals surface area contributed by atoms with Gasteiger partial charge in [0.25, 0.3) is 5.91 Å². The predicted octanol–water partition coefficient (Wildman–Crippen LogP) is 1.15. The number of hydrogen-bond donors (Lipinski definition) is 2. The molecule has 1 aromatic rings. The molecular weight excluding hydrogens is 244 g/mol. The summed E-state index contributed by atoms with van der Waals surface area (Å²) in [4.78, 5) is 11.8. The summed E-state index contributed by atoms with van der Waals surface area (Å²) < 4.78 is 10.4. The molecule has 0 saturated carbocycles. The Hall–Kier alpha value is -1.46. The van der Waals surface area contributed by atoms with E-state index >= 15 is 0 Å². The van der Waals surface area contributed by atoms with Crippen molar-refractivity contribution in [1.82, 2.24) is 5.32 Å². The Bertz CT molecular complexity index is 451. The van der Waals surface area contributed by atoms with Gasteiger partial charge in [0.05, 0.1) is 5.02 Å². The molecule has 5 nitrogen and oxygen atoms in total. The Morgan fingerprint density at radius 1 is 1.59 bits per heavy atom. The number of halogens is 1. The van der Waals surface area contributed by atoms with Crippen molar-refractivity contribution < 1.29 is 14.3 Å². The van der Waals surface area contributed by atoms with Crippen LogP contribution in [0.5, 0.6) is 11.5 Å². The third kappa shape index (κ3) is 2.45. The summed E-state index contributed by atoms with van der Waals surface area (Å²) in [6.45, 7) is 2.33. The highest BCUT2D eigenvalue weighted by atomic mass is 35.5.